The second-order valence-electron chi connectivity index (χ2n) is 7.75. The molecule has 11 heteroatoms. The molecule has 1 fully saturated rings. The van der Waals surface area contributed by atoms with Crippen LogP contribution in [0, 0.1) is 0 Å². The number of piperidine rings is 1. The van der Waals surface area contributed by atoms with Gasteiger partial charge in [0.25, 0.3) is 5.91 Å². The maximum absolute atomic E-state index is 12.8. The number of nitrogens with zero attached hydrogens (tertiary/aromatic N) is 6. The molecule has 2 aromatic heterocycles. The second kappa shape index (κ2) is 8.12. The third-order valence-electron chi connectivity index (χ3n) is 5.36. The number of carbonyl (C=O) groups excluding carboxylic acids is 1. The average molecular weight is 434 g/mol. The Morgan fingerprint density at radius 2 is 1.84 bits per heavy atom. The van der Waals surface area contributed by atoms with Gasteiger partial charge in [-0.05, 0) is 38.8 Å². The lowest BCUT2D eigenvalue weighted by atomic mass is 9.95. The number of hydrogen-bond acceptors (Lipinski definition) is 6. The van der Waals surface area contributed by atoms with Crippen molar-refractivity contribution in [1.29, 1.82) is 0 Å². The fraction of sp³-hybridized carbons (Fsp3) is 0.450. The van der Waals surface area contributed by atoms with Gasteiger partial charge in [0.05, 0.1) is 0 Å². The zero-order chi connectivity index (χ0) is 22.2. The van der Waals surface area contributed by atoms with Crippen molar-refractivity contribution in [2.45, 2.75) is 44.8 Å². The molecule has 1 aromatic carbocycles. The molecule has 1 aliphatic rings. The molecule has 0 aliphatic carbocycles. The number of alkyl halides is 3. The first-order chi connectivity index (χ1) is 14.7. The molecule has 1 aliphatic heterocycles. The van der Waals surface area contributed by atoms with Crippen LogP contribution in [0.4, 0.5) is 13.2 Å². The first-order valence-electron chi connectivity index (χ1n) is 9.94. The van der Waals surface area contributed by atoms with E-state index in [9.17, 15) is 18.0 Å². The van der Waals surface area contributed by atoms with E-state index in [1.54, 1.807) is 23.4 Å². The van der Waals surface area contributed by atoms with Crippen molar-refractivity contribution in [3.8, 4) is 11.4 Å². The third kappa shape index (κ3) is 4.30. The van der Waals surface area contributed by atoms with Crippen LogP contribution in [-0.4, -0.2) is 48.8 Å². The normalized spacial score (nSPS) is 15.6. The molecule has 0 saturated carbocycles. The maximum Gasteiger partial charge on any atom is 0.471 e. The molecule has 0 atom stereocenters. The summed E-state index contributed by atoms with van der Waals surface area (Å²) < 4.78 is 44.2. The highest BCUT2D eigenvalue weighted by molar-refractivity contribution is 5.94. The predicted molar refractivity (Wildman–Crippen MR) is 103 cm³/mol. The fourth-order valence-corrected chi connectivity index (χ4v) is 3.68. The van der Waals surface area contributed by atoms with Crippen LogP contribution in [0.3, 0.4) is 0 Å². The Morgan fingerprint density at radius 3 is 2.42 bits per heavy atom. The molecule has 0 N–H and O–H groups in total. The van der Waals surface area contributed by atoms with Gasteiger partial charge in [-0.1, -0.05) is 17.3 Å². The Kier molecular flexibility index (Phi) is 5.50. The summed E-state index contributed by atoms with van der Waals surface area (Å²) >= 11 is 0. The maximum atomic E-state index is 12.8. The van der Waals surface area contributed by atoms with E-state index in [-0.39, 0.29) is 23.7 Å². The van der Waals surface area contributed by atoms with E-state index in [2.05, 4.69) is 43.3 Å². The topological polar surface area (TPSA) is 89.9 Å². The third-order valence-corrected chi connectivity index (χ3v) is 5.36. The molecular weight excluding hydrogens is 413 g/mol. The second-order valence-corrected chi connectivity index (χ2v) is 7.75. The Hall–Kier alpha value is -3.24. The van der Waals surface area contributed by atoms with Crippen LogP contribution in [0.1, 0.15) is 60.7 Å². The first-order valence-corrected chi connectivity index (χ1v) is 9.94. The number of hydrogen-bond donors (Lipinski definition) is 0. The van der Waals surface area contributed by atoms with E-state index in [0.29, 0.717) is 24.2 Å². The zero-order valence-electron chi connectivity index (χ0n) is 17.0. The van der Waals surface area contributed by atoms with Crippen LogP contribution in [0.2, 0.25) is 0 Å². The summed E-state index contributed by atoms with van der Waals surface area (Å²) in [6, 6.07) is 6.41. The zero-order valence-corrected chi connectivity index (χ0v) is 17.0. The largest absolute Gasteiger partial charge is 0.471 e. The molecule has 0 radical (unpaired) electrons. The number of amides is 1. The number of rotatable bonds is 4. The lowest BCUT2D eigenvalue weighted by molar-refractivity contribution is -0.159. The minimum absolute atomic E-state index is 0.126. The van der Waals surface area contributed by atoms with Crippen molar-refractivity contribution in [3.05, 3.63) is 47.9 Å². The Balaban J connectivity index is 1.40. The minimum Gasteiger partial charge on any atom is -0.339 e. The molecule has 0 bridgehead atoms. The van der Waals surface area contributed by atoms with Crippen molar-refractivity contribution in [2.24, 2.45) is 0 Å². The van der Waals surface area contributed by atoms with Gasteiger partial charge in [0.15, 0.2) is 0 Å². The van der Waals surface area contributed by atoms with E-state index >= 15 is 0 Å². The number of halogens is 3. The summed E-state index contributed by atoms with van der Waals surface area (Å²) in [4.78, 5) is 18.0. The molecule has 3 aromatic rings. The number of benzene rings is 1. The Bertz CT molecular complexity index is 1050. The van der Waals surface area contributed by atoms with E-state index < -0.39 is 12.1 Å². The predicted octanol–water partition coefficient (Wildman–Crippen LogP) is 3.95. The summed E-state index contributed by atoms with van der Waals surface area (Å²) in [5.74, 6) is -0.512. The van der Waals surface area contributed by atoms with Gasteiger partial charge in [-0.15, -0.1) is 10.2 Å². The molecular formula is C20H21F3N6O2. The van der Waals surface area contributed by atoms with Crippen LogP contribution in [-0.2, 0) is 6.18 Å². The molecule has 3 heterocycles. The van der Waals surface area contributed by atoms with Crippen LogP contribution >= 0.6 is 0 Å². The average Bonchev–Trinajstić information content (AvgIpc) is 3.43. The van der Waals surface area contributed by atoms with E-state index in [0.717, 1.165) is 18.7 Å². The van der Waals surface area contributed by atoms with E-state index in [1.807, 2.05) is 0 Å². The molecule has 0 unspecified atom stereocenters. The van der Waals surface area contributed by atoms with E-state index in [1.165, 1.54) is 12.1 Å². The first kappa shape index (κ1) is 21.0. The van der Waals surface area contributed by atoms with Gasteiger partial charge in [0, 0.05) is 36.2 Å². The van der Waals surface area contributed by atoms with Crippen molar-refractivity contribution in [2.75, 3.05) is 13.1 Å². The summed E-state index contributed by atoms with van der Waals surface area (Å²) in [5.41, 5.74) is 0.787. The highest BCUT2D eigenvalue weighted by Crippen LogP contribution is 2.30. The number of likely N-dealkylation sites (tertiary alicyclic amines) is 1. The quantitative estimate of drug-likeness (QED) is 0.618. The van der Waals surface area contributed by atoms with Crippen LogP contribution < -0.4 is 0 Å². The standard InChI is InChI=1S/C20H21F3N6O2/c1-12(2)29-11-24-26-17(29)14-7-9-28(10-8-14)18(30)15-5-3-13(4-6-15)16-25-19(31-27-16)20(21,22)23/h3-6,11-12,14H,7-10H2,1-2H3. The fourth-order valence-electron chi connectivity index (χ4n) is 3.68. The van der Waals surface area contributed by atoms with Crippen LogP contribution in [0.5, 0.6) is 0 Å². The Morgan fingerprint density at radius 1 is 1.16 bits per heavy atom. The van der Waals surface area contributed by atoms with Crippen molar-refractivity contribution < 1.29 is 22.5 Å². The number of aromatic nitrogens is 5. The van der Waals surface area contributed by atoms with Crippen LogP contribution in [0.15, 0.2) is 35.1 Å². The molecule has 8 nitrogen and oxygen atoms in total. The minimum atomic E-state index is -4.70. The molecule has 1 amide bonds. The summed E-state index contributed by atoms with van der Waals surface area (Å²) in [5, 5.41) is 11.6. The molecule has 0 spiro atoms. The number of carbonyl (C=O) groups is 1. The Labute approximate surface area is 176 Å². The van der Waals surface area contributed by atoms with Crippen molar-refractivity contribution in [3.63, 3.8) is 0 Å². The van der Waals surface area contributed by atoms with Gasteiger partial charge < -0.3 is 14.0 Å². The summed E-state index contributed by atoms with van der Waals surface area (Å²) in [6.07, 6.45) is -1.38. The highest BCUT2D eigenvalue weighted by atomic mass is 19.4. The van der Waals surface area contributed by atoms with Gasteiger partial charge in [-0.25, -0.2) is 0 Å². The van der Waals surface area contributed by atoms with E-state index in [4.69, 9.17) is 0 Å². The lowest BCUT2D eigenvalue weighted by Gasteiger charge is -2.32. The summed E-state index contributed by atoms with van der Waals surface area (Å²) in [7, 11) is 0. The lowest BCUT2D eigenvalue weighted by Crippen LogP contribution is -2.38. The molecule has 164 valence electrons. The van der Waals surface area contributed by atoms with Crippen LogP contribution in [0.25, 0.3) is 11.4 Å². The van der Waals surface area contributed by atoms with Gasteiger partial charge >= 0.3 is 12.1 Å². The van der Waals surface area contributed by atoms with Gasteiger partial charge in [0.2, 0.25) is 5.82 Å². The smallest absolute Gasteiger partial charge is 0.339 e. The molecule has 31 heavy (non-hydrogen) atoms. The molecule has 1 saturated heterocycles. The van der Waals surface area contributed by atoms with Gasteiger partial charge in [-0.2, -0.15) is 18.2 Å². The van der Waals surface area contributed by atoms with Gasteiger partial charge in [0.1, 0.15) is 12.2 Å². The van der Waals surface area contributed by atoms with Crippen molar-refractivity contribution in [1.82, 2.24) is 29.8 Å². The van der Waals surface area contributed by atoms with Crippen molar-refractivity contribution >= 4 is 5.91 Å². The highest BCUT2D eigenvalue weighted by Gasteiger charge is 2.38. The molecule has 4 rings (SSSR count). The van der Waals surface area contributed by atoms with Gasteiger partial charge in [-0.3, -0.25) is 4.79 Å². The SMILES string of the molecule is CC(C)n1cnnc1C1CCN(C(=O)c2ccc(-c3noc(C(F)(F)F)n3)cc2)CC1. The summed E-state index contributed by atoms with van der Waals surface area (Å²) in [6.45, 7) is 5.34. The monoisotopic (exact) mass is 434 g/mol.